The van der Waals surface area contributed by atoms with Crippen LogP contribution in [0.2, 0.25) is 0 Å². The highest BCUT2D eigenvalue weighted by Gasteiger charge is 2.35. The number of nitrogens with one attached hydrogen (secondary N) is 1. The zero-order valence-corrected chi connectivity index (χ0v) is 16.6. The molecule has 1 fully saturated rings. The van der Waals surface area contributed by atoms with E-state index in [1.165, 1.54) is 5.01 Å². The molecule has 0 spiro atoms. The smallest absolute Gasteiger partial charge is 0.380 e. The van der Waals surface area contributed by atoms with E-state index < -0.39 is 5.97 Å². The first-order chi connectivity index (χ1) is 15.2. The molecule has 0 aliphatic carbocycles. The van der Waals surface area contributed by atoms with Crippen LogP contribution in [0.5, 0.6) is 5.75 Å². The van der Waals surface area contributed by atoms with Gasteiger partial charge in [0.1, 0.15) is 5.75 Å². The molecule has 0 radical (unpaired) electrons. The lowest BCUT2D eigenvalue weighted by atomic mass is 10.0. The summed E-state index contributed by atoms with van der Waals surface area (Å²) >= 11 is 0. The predicted octanol–water partition coefficient (Wildman–Crippen LogP) is 3.64. The molecule has 0 unspecified atom stereocenters. The van der Waals surface area contributed by atoms with Crippen molar-refractivity contribution in [1.82, 2.24) is 5.59 Å². The Morgan fingerprint density at radius 2 is 1.35 bits per heavy atom. The Morgan fingerprint density at radius 3 is 1.87 bits per heavy atom. The first kappa shape index (κ1) is 18.8. The lowest BCUT2D eigenvalue weighted by Crippen LogP contribution is -2.29. The maximum atomic E-state index is 12.6. The minimum atomic E-state index is -0.556. The number of hydrogen-bond acceptors (Lipinski definition) is 7. The molecule has 0 aromatic heterocycles. The third-order valence-electron chi connectivity index (χ3n) is 4.94. The zero-order valence-electron chi connectivity index (χ0n) is 16.6. The molecule has 2 aliphatic rings. The lowest BCUT2D eigenvalue weighted by Gasteiger charge is -2.15. The van der Waals surface area contributed by atoms with E-state index in [0.717, 1.165) is 11.1 Å². The van der Waals surface area contributed by atoms with Crippen molar-refractivity contribution >= 4 is 23.1 Å². The average molecular weight is 410 g/mol. The molecule has 7 nitrogen and oxygen atoms in total. The maximum absolute atomic E-state index is 12.6. The van der Waals surface area contributed by atoms with Gasteiger partial charge in [-0.25, -0.2) is 19.8 Å². The van der Waals surface area contributed by atoms with Gasteiger partial charge in [-0.3, -0.25) is 0 Å². The van der Waals surface area contributed by atoms with E-state index in [9.17, 15) is 4.79 Å². The van der Waals surface area contributed by atoms with Gasteiger partial charge in [0, 0.05) is 11.1 Å². The van der Waals surface area contributed by atoms with Gasteiger partial charge in [0.05, 0.1) is 24.2 Å². The molecule has 0 atom stereocenters. The van der Waals surface area contributed by atoms with Crippen molar-refractivity contribution in [2.45, 2.75) is 0 Å². The van der Waals surface area contributed by atoms with Crippen molar-refractivity contribution in [1.29, 1.82) is 0 Å². The molecule has 7 heteroatoms. The number of ether oxygens (including phenoxy) is 1. The second-order valence-corrected chi connectivity index (χ2v) is 6.84. The number of rotatable bonds is 4. The maximum Gasteiger partial charge on any atom is 0.380 e. The van der Waals surface area contributed by atoms with Gasteiger partial charge in [-0.1, -0.05) is 66.3 Å². The van der Waals surface area contributed by atoms with Crippen LogP contribution >= 0.6 is 0 Å². The lowest BCUT2D eigenvalue weighted by molar-refractivity contribution is -0.140. The van der Waals surface area contributed by atoms with Crippen molar-refractivity contribution in [2.75, 3.05) is 12.1 Å². The Labute approximate surface area is 178 Å². The summed E-state index contributed by atoms with van der Waals surface area (Å²) in [5.74, 6) is 0.433. The van der Waals surface area contributed by atoms with Gasteiger partial charge in [-0.05, 0) is 24.3 Å². The highest BCUT2D eigenvalue weighted by molar-refractivity contribution is 6.55. The van der Waals surface area contributed by atoms with Crippen LogP contribution in [-0.2, 0) is 9.63 Å². The fourth-order valence-corrected chi connectivity index (χ4v) is 3.42. The number of nitrogens with zero attached hydrogens (tertiary/aromatic N) is 3. The molecule has 0 saturated carbocycles. The second kappa shape index (κ2) is 7.89. The van der Waals surface area contributed by atoms with Crippen molar-refractivity contribution in [2.24, 2.45) is 9.98 Å². The normalized spacial score (nSPS) is 15.6. The number of benzene rings is 3. The average Bonchev–Trinajstić information content (AvgIpc) is 3.44. The minimum Gasteiger partial charge on any atom is -0.497 e. The van der Waals surface area contributed by atoms with Crippen molar-refractivity contribution in [3.05, 3.63) is 108 Å². The number of anilines is 1. The van der Waals surface area contributed by atoms with Crippen LogP contribution in [0, 0.1) is 0 Å². The first-order valence-corrected chi connectivity index (χ1v) is 9.68. The Balaban J connectivity index is 1.65. The monoisotopic (exact) mass is 410 g/mol. The molecule has 2 heterocycles. The van der Waals surface area contributed by atoms with Crippen LogP contribution in [0.1, 0.15) is 11.1 Å². The van der Waals surface area contributed by atoms with E-state index in [0.29, 0.717) is 22.9 Å². The third kappa shape index (κ3) is 3.47. The van der Waals surface area contributed by atoms with Gasteiger partial charge in [-0.15, -0.1) is 0 Å². The summed E-state index contributed by atoms with van der Waals surface area (Å²) in [7, 11) is 1.60. The van der Waals surface area contributed by atoms with Gasteiger partial charge in [-0.2, -0.15) is 0 Å². The number of hydrazine groups is 1. The van der Waals surface area contributed by atoms with E-state index in [1.807, 2.05) is 72.8 Å². The second-order valence-electron chi connectivity index (χ2n) is 6.84. The number of hydrogen-bond donors (Lipinski definition) is 1. The summed E-state index contributed by atoms with van der Waals surface area (Å²) in [4.78, 5) is 27.2. The fraction of sp³-hybridized carbons (Fsp3) is 0.0417. The minimum absolute atomic E-state index is 0.213. The molecule has 31 heavy (non-hydrogen) atoms. The predicted molar refractivity (Wildman–Crippen MR) is 118 cm³/mol. The summed E-state index contributed by atoms with van der Waals surface area (Å²) < 4.78 is 5.21. The molecule has 3 aromatic carbocycles. The third-order valence-corrected chi connectivity index (χ3v) is 4.94. The van der Waals surface area contributed by atoms with Gasteiger partial charge < -0.3 is 9.57 Å². The van der Waals surface area contributed by atoms with E-state index >= 15 is 0 Å². The molecule has 0 amide bonds. The molecular weight excluding hydrogens is 392 g/mol. The molecule has 1 saturated heterocycles. The Bertz CT molecular complexity index is 1160. The Morgan fingerprint density at radius 1 is 0.806 bits per heavy atom. The van der Waals surface area contributed by atoms with Crippen LogP contribution in [-0.4, -0.2) is 24.5 Å². The molecule has 5 rings (SSSR count). The highest BCUT2D eigenvalue weighted by Crippen LogP contribution is 2.30. The Kier molecular flexibility index (Phi) is 4.78. The topological polar surface area (TPSA) is 75.5 Å². The largest absolute Gasteiger partial charge is 0.497 e. The molecule has 1 N–H and O–H groups in total. The molecule has 2 aliphatic heterocycles. The first-order valence-electron chi connectivity index (χ1n) is 9.68. The van der Waals surface area contributed by atoms with E-state index in [4.69, 9.17) is 19.6 Å². The fourth-order valence-electron chi connectivity index (χ4n) is 3.42. The van der Waals surface area contributed by atoms with Gasteiger partial charge in [0.25, 0.3) is 0 Å². The van der Waals surface area contributed by atoms with Crippen LogP contribution in [0.3, 0.4) is 0 Å². The SMILES string of the molecule is COc1ccc(N2NOC(=O)C2=C2N=C(c3ccccc3)C(c3ccccc3)=N2)cc1. The van der Waals surface area contributed by atoms with Crippen LogP contribution in [0.25, 0.3) is 0 Å². The van der Waals surface area contributed by atoms with Gasteiger partial charge in [0.15, 0.2) is 11.5 Å². The van der Waals surface area contributed by atoms with Gasteiger partial charge in [0.2, 0.25) is 0 Å². The quantitative estimate of drug-likeness (QED) is 0.665. The molecular formula is C24H18N4O3. The van der Waals surface area contributed by atoms with E-state index in [2.05, 4.69) is 5.59 Å². The number of methoxy groups -OCH3 is 1. The number of aliphatic imine (C=N–C) groups is 2. The van der Waals surface area contributed by atoms with Crippen molar-refractivity contribution in [3.63, 3.8) is 0 Å². The van der Waals surface area contributed by atoms with Crippen LogP contribution in [0.15, 0.2) is 106 Å². The molecule has 152 valence electrons. The molecule has 3 aromatic rings. The summed E-state index contributed by atoms with van der Waals surface area (Å²) in [5.41, 5.74) is 6.77. The summed E-state index contributed by atoms with van der Waals surface area (Å²) in [6.07, 6.45) is 0. The molecule has 0 bridgehead atoms. The van der Waals surface area contributed by atoms with E-state index in [1.54, 1.807) is 19.2 Å². The van der Waals surface area contributed by atoms with Gasteiger partial charge >= 0.3 is 5.97 Å². The summed E-state index contributed by atoms with van der Waals surface area (Å²) in [6, 6.07) is 26.8. The summed E-state index contributed by atoms with van der Waals surface area (Å²) in [6.45, 7) is 0. The highest BCUT2D eigenvalue weighted by atomic mass is 16.7. The number of carbonyl (C=O) groups excluding carboxylic acids is 1. The van der Waals surface area contributed by atoms with Crippen LogP contribution < -0.4 is 15.3 Å². The van der Waals surface area contributed by atoms with Crippen molar-refractivity contribution < 1.29 is 14.4 Å². The standard InChI is InChI=1S/C24H18N4O3/c1-30-19-14-12-18(13-15-19)28-22(24(29)31-27-28)23-25-20(16-8-4-2-5-9-16)21(26-23)17-10-6-3-7-11-17/h2-15,27H,1H3. The zero-order chi connectivity index (χ0) is 21.2. The Hall–Kier alpha value is -4.23. The summed E-state index contributed by atoms with van der Waals surface area (Å²) in [5, 5.41) is 1.53. The van der Waals surface area contributed by atoms with Crippen LogP contribution in [0.4, 0.5) is 5.69 Å². The van der Waals surface area contributed by atoms with E-state index in [-0.39, 0.29) is 11.5 Å². The number of carbonyl (C=O) groups is 1. The van der Waals surface area contributed by atoms with Crippen molar-refractivity contribution in [3.8, 4) is 5.75 Å².